The lowest BCUT2D eigenvalue weighted by Gasteiger charge is -2.40. The molecule has 0 aliphatic carbocycles. The van der Waals surface area contributed by atoms with Crippen LogP contribution >= 0.6 is 0 Å². The van der Waals surface area contributed by atoms with Crippen molar-refractivity contribution in [3.63, 3.8) is 0 Å². The molecule has 0 unspecified atom stereocenters. The van der Waals surface area contributed by atoms with E-state index in [1.807, 2.05) is 0 Å². The maximum Gasteiger partial charge on any atom is 0.514 e. The lowest BCUT2D eigenvalue weighted by Crippen LogP contribution is -2.61. The van der Waals surface area contributed by atoms with Crippen molar-refractivity contribution >= 4 is 48.0 Å². The molecule has 2 aliphatic heterocycles. The van der Waals surface area contributed by atoms with Gasteiger partial charge < -0.3 is 43.2 Å². The first-order valence-electron chi connectivity index (χ1n) is 19.6. The number of hydrogen-bond acceptors (Lipinski definition) is 17. The molecule has 64 heavy (non-hydrogen) atoms. The van der Waals surface area contributed by atoms with Crippen molar-refractivity contribution in [3.8, 4) is 5.75 Å². The number of cyclic esters (lactones) is 2. The smallest absolute Gasteiger partial charge is 0.477 e. The average Bonchev–Trinajstić information content (AvgIpc) is 3.64. The summed E-state index contributed by atoms with van der Waals surface area (Å²) in [5.74, 6) is -3.17. The Hall–Kier alpha value is -7.71. The third-order valence-corrected chi connectivity index (χ3v) is 8.61. The molecule has 2 heterocycles. The molecule has 0 bridgehead atoms. The van der Waals surface area contributed by atoms with Gasteiger partial charge in [-0.3, -0.25) is 25.5 Å². The Balaban J connectivity index is 1.64. The summed E-state index contributed by atoms with van der Waals surface area (Å²) in [6.45, 7) is 10.1. The molecule has 3 aromatic rings. The number of nitrogens with zero attached hydrogens (tertiary/aromatic N) is 2. The van der Waals surface area contributed by atoms with Gasteiger partial charge in [0.05, 0.1) is 17.0 Å². The van der Waals surface area contributed by atoms with Crippen LogP contribution in [0.3, 0.4) is 0 Å². The van der Waals surface area contributed by atoms with Gasteiger partial charge in [0.25, 0.3) is 5.69 Å². The summed E-state index contributed by atoms with van der Waals surface area (Å²) in [4.78, 5) is 94.6. The lowest BCUT2D eigenvalue weighted by molar-refractivity contribution is -0.384. The van der Waals surface area contributed by atoms with E-state index in [1.54, 1.807) is 102 Å². The van der Waals surface area contributed by atoms with Crippen molar-refractivity contribution in [1.29, 1.82) is 0 Å². The van der Waals surface area contributed by atoms with Crippen LogP contribution in [0.2, 0.25) is 0 Å². The van der Waals surface area contributed by atoms with E-state index in [0.29, 0.717) is 11.1 Å². The molecule has 1 saturated heterocycles. The maximum absolute atomic E-state index is 14.4. The van der Waals surface area contributed by atoms with Crippen molar-refractivity contribution in [1.82, 2.24) is 16.0 Å². The summed E-state index contributed by atoms with van der Waals surface area (Å²) in [6, 6.07) is 18.8. The number of amides is 3. The SMILES string of the molecule is CC(=O)N[C@H]1[C@H]([C@H](OC(=O)Oc2ccc([N+](=O)[O-])cc2)[C@H]2COC(=O)O2)OC(C(=O)OC(c2ccccc2)c2ccccc2)=C[C@@H]1N=C(NC(=O)OC(C)(C)C)NC(=O)OC(C)(C)C. The van der Waals surface area contributed by atoms with Crippen molar-refractivity contribution < 1.29 is 71.6 Å². The highest BCUT2D eigenvalue weighted by Crippen LogP contribution is 2.33. The number of carbonyl (C=O) groups is 6. The summed E-state index contributed by atoms with van der Waals surface area (Å²) in [6.07, 6.45) is -9.69. The van der Waals surface area contributed by atoms with Crippen LogP contribution in [0.25, 0.3) is 0 Å². The van der Waals surface area contributed by atoms with Gasteiger partial charge in [-0.15, -0.1) is 0 Å². The van der Waals surface area contributed by atoms with Gasteiger partial charge in [-0.05, 0) is 70.9 Å². The molecule has 2 aliphatic rings. The van der Waals surface area contributed by atoms with Crippen molar-refractivity contribution in [3.05, 3.63) is 118 Å². The van der Waals surface area contributed by atoms with Crippen molar-refractivity contribution in [2.45, 2.75) is 96.2 Å². The van der Waals surface area contributed by atoms with Gasteiger partial charge >= 0.3 is 30.5 Å². The van der Waals surface area contributed by atoms with Gasteiger partial charge in [0.15, 0.2) is 24.4 Å². The van der Waals surface area contributed by atoms with Crippen LogP contribution in [0, 0.1) is 10.1 Å². The van der Waals surface area contributed by atoms with Crippen LogP contribution in [0.15, 0.2) is 102 Å². The van der Waals surface area contributed by atoms with Crippen molar-refractivity contribution in [2.24, 2.45) is 4.99 Å². The number of rotatable bonds is 11. The Morgan fingerprint density at radius 1 is 0.797 bits per heavy atom. The Kier molecular flexibility index (Phi) is 15.1. The summed E-state index contributed by atoms with van der Waals surface area (Å²) >= 11 is 0. The summed E-state index contributed by atoms with van der Waals surface area (Å²) in [7, 11) is 0. The van der Waals surface area contributed by atoms with Crippen LogP contribution in [0.1, 0.15) is 65.7 Å². The largest absolute Gasteiger partial charge is 0.514 e. The molecule has 0 aromatic heterocycles. The quantitative estimate of drug-likeness (QED) is 0.0384. The van der Waals surface area contributed by atoms with Gasteiger partial charge in [0.1, 0.15) is 23.6 Å². The van der Waals surface area contributed by atoms with Crippen LogP contribution in [0.5, 0.6) is 5.75 Å². The fourth-order valence-electron chi connectivity index (χ4n) is 6.14. The number of esters is 1. The van der Waals surface area contributed by atoms with Gasteiger partial charge in [-0.2, -0.15) is 0 Å². The van der Waals surface area contributed by atoms with E-state index >= 15 is 0 Å². The Morgan fingerprint density at radius 2 is 1.34 bits per heavy atom. The molecule has 21 heteroatoms. The minimum absolute atomic E-state index is 0.192. The second-order valence-corrected chi connectivity index (χ2v) is 16.1. The second kappa shape index (κ2) is 20.4. The summed E-state index contributed by atoms with van der Waals surface area (Å²) in [5.41, 5.74) is -1.22. The molecule has 0 saturated carbocycles. The first-order valence-corrected chi connectivity index (χ1v) is 19.6. The normalized spacial score (nSPS) is 18.6. The van der Waals surface area contributed by atoms with Crippen LogP contribution in [0.4, 0.5) is 24.9 Å². The highest BCUT2D eigenvalue weighted by atomic mass is 16.8. The van der Waals surface area contributed by atoms with E-state index < -0.39 is 107 Å². The van der Waals surface area contributed by atoms with Gasteiger partial charge in [0, 0.05) is 19.1 Å². The van der Waals surface area contributed by atoms with Gasteiger partial charge in [-0.1, -0.05) is 60.7 Å². The van der Waals surface area contributed by atoms with Crippen LogP contribution in [-0.4, -0.2) is 95.5 Å². The molecule has 3 N–H and O–H groups in total. The highest BCUT2D eigenvalue weighted by Gasteiger charge is 2.51. The number of nitro benzene ring substituents is 1. The van der Waals surface area contributed by atoms with E-state index in [2.05, 4.69) is 20.9 Å². The number of hydrogen-bond donors (Lipinski definition) is 3. The van der Waals surface area contributed by atoms with Gasteiger partial charge in [-0.25, -0.2) is 29.0 Å². The number of ether oxygens (including phenoxy) is 8. The number of benzene rings is 3. The third kappa shape index (κ3) is 13.9. The van der Waals surface area contributed by atoms with Gasteiger partial charge in [0.2, 0.25) is 17.6 Å². The summed E-state index contributed by atoms with van der Waals surface area (Å²) in [5, 5.41) is 18.5. The predicted octanol–water partition coefficient (Wildman–Crippen LogP) is 5.91. The molecule has 0 radical (unpaired) electrons. The molecule has 21 nitrogen and oxygen atoms in total. The number of guanidine groups is 1. The molecule has 5 atom stereocenters. The number of nitrogens with one attached hydrogen (secondary N) is 3. The maximum atomic E-state index is 14.4. The monoisotopic (exact) mass is 889 g/mol. The first kappa shape index (κ1) is 47.3. The predicted molar refractivity (Wildman–Crippen MR) is 222 cm³/mol. The van der Waals surface area contributed by atoms with E-state index in [0.717, 1.165) is 37.3 Å². The minimum atomic E-state index is -1.80. The van der Waals surface area contributed by atoms with E-state index in [9.17, 15) is 38.9 Å². The third-order valence-electron chi connectivity index (χ3n) is 8.61. The second-order valence-electron chi connectivity index (χ2n) is 16.1. The molecule has 0 spiro atoms. The zero-order valence-electron chi connectivity index (χ0n) is 35.8. The standard InChI is InChI=1S/C43H47N5O16/c1-24(49)44-32-29(45-37(46-38(51)63-42(2,3)4)47-39(52)64-43(5,6)7)22-30(36(50)61-33(25-14-10-8-11-15-25)26-16-12-9-13-17-26)59-35(32)34(31-23-57-40(53)60-31)62-41(54)58-28-20-18-27(19-21-28)48(55)56/h8-22,29,31-35H,23H2,1-7H3,(H,44,49)(H2,45,46,47,51,52)/t29-,31+,32+,34+,35+/m0/s1. The Morgan fingerprint density at radius 3 is 1.81 bits per heavy atom. The highest BCUT2D eigenvalue weighted by molar-refractivity contribution is 6.01. The average molecular weight is 890 g/mol. The lowest BCUT2D eigenvalue weighted by atomic mass is 9.92. The Bertz CT molecular complexity index is 2180. The molecule has 3 amide bonds. The number of carbonyl (C=O) groups excluding carboxylic acids is 6. The summed E-state index contributed by atoms with van der Waals surface area (Å²) < 4.78 is 44.5. The molecule has 5 rings (SSSR count). The first-order chi connectivity index (χ1) is 30.1. The number of aliphatic imine (C=N–C) groups is 1. The zero-order chi connectivity index (χ0) is 46.8. The van der Waals surface area contributed by atoms with E-state index in [4.69, 9.17) is 37.9 Å². The topological polar surface area (TPSA) is 268 Å². The number of non-ortho nitro benzene ring substituents is 1. The van der Waals surface area contributed by atoms with Crippen LogP contribution in [-0.2, 0) is 42.7 Å². The minimum Gasteiger partial charge on any atom is -0.477 e. The molecule has 340 valence electrons. The number of alkyl carbamates (subject to hydrolysis) is 2. The zero-order valence-corrected chi connectivity index (χ0v) is 35.8. The molecule has 3 aromatic carbocycles. The van der Waals surface area contributed by atoms with Crippen LogP contribution < -0.4 is 20.7 Å². The van der Waals surface area contributed by atoms with E-state index in [1.165, 1.54) is 0 Å². The molecular weight excluding hydrogens is 842 g/mol. The molecule has 1 fully saturated rings. The van der Waals surface area contributed by atoms with Crippen molar-refractivity contribution in [2.75, 3.05) is 6.61 Å². The fraction of sp³-hybridized carbons (Fsp3) is 0.372. The van der Waals surface area contributed by atoms with E-state index in [-0.39, 0.29) is 11.4 Å². The molecular formula is C43H47N5O16. The number of nitro groups is 1. The fourth-order valence-corrected chi connectivity index (χ4v) is 6.14. The Labute approximate surface area is 366 Å².